The van der Waals surface area contributed by atoms with Gasteiger partial charge in [0.05, 0.1) is 0 Å². The predicted octanol–water partition coefficient (Wildman–Crippen LogP) is 1.84. The van der Waals surface area contributed by atoms with Crippen LogP contribution < -0.4 is 0 Å². The Morgan fingerprint density at radius 1 is 1.00 bits per heavy atom. The summed E-state index contributed by atoms with van der Waals surface area (Å²) in [5, 5.41) is 0. The van der Waals surface area contributed by atoms with Crippen molar-refractivity contribution >= 4 is 0 Å². The monoisotopic (exact) mass is 153 g/mol. The first kappa shape index (κ1) is 7.60. The second-order valence-electron chi connectivity index (χ2n) is 4.74. The third kappa shape index (κ3) is 1.10. The molecule has 2 fully saturated rings. The molecule has 0 bridgehead atoms. The normalized spacial score (nSPS) is 51.5. The highest BCUT2D eigenvalue weighted by atomic mass is 15.1. The van der Waals surface area contributed by atoms with Gasteiger partial charge in [0.1, 0.15) is 0 Å². The minimum atomic E-state index is 0.986. The molecule has 2 rings (SSSR count). The Hall–Kier alpha value is -0.0400. The summed E-state index contributed by atoms with van der Waals surface area (Å²) in [7, 11) is 2.26. The molecular formula is C10H19N. The molecule has 0 amide bonds. The average molecular weight is 153 g/mol. The van der Waals surface area contributed by atoms with Gasteiger partial charge in [-0.15, -0.1) is 0 Å². The van der Waals surface area contributed by atoms with Crippen LogP contribution in [0.25, 0.3) is 0 Å². The quantitative estimate of drug-likeness (QED) is 0.513. The molecule has 11 heavy (non-hydrogen) atoms. The van der Waals surface area contributed by atoms with E-state index in [-0.39, 0.29) is 0 Å². The number of likely N-dealkylation sites (tertiary alicyclic amines) is 1. The Bertz CT molecular complexity index is 139. The summed E-state index contributed by atoms with van der Waals surface area (Å²) in [6.07, 6.45) is 1.48. The minimum absolute atomic E-state index is 0.986. The van der Waals surface area contributed by atoms with Crippen molar-refractivity contribution in [1.82, 2.24) is 4.90 Å². The van der Waals surface area contributed by atoms with E-state index in [9.17, 15) is 0 Å². The zero-order valence-electron chi connectivity index (χ0n) is 7.88. The first-order valence-electron chi connectivity index (χ1n) is 4.87. The Morgan fingerprint density at radius 2 is 1.45 bits per heavy atom. The van der Waals surface area contributed by atoms with E-state index in [2.05, 4.69) is 25.8 Å². The summed E-state index contributed by atoms with van der Waals surface area (Å²) in [5.41, 5.74) is 0. The highest BCUT2D eigenvalue weighted by molar-refractivity contribution is 4.94. The topological polar surface area (TPSA) is 3.24 Å². The Labute approximate surface area is 69.8 Å². The van der Waals surface area contributed by atoms with Crippen LogP contribution in [0.4, 0.5) is 0 Å². The molecule has 1 aliphatic carbocycles. The fourth-order valence-electron chi connectivity index (χ4n) is 3.20. The molecule has 0 N–H and O–H groups in total. The van der Waals surface area contributed by atoms with Gasteiger partial charge < -0.3 is 4.90 Å². The maximum Gasteiger partial charge on any atom is 0.00125 e. The molecule has 0 spiro atoms. The summed E-state index contributed by atoms with van der Waals surface area (Å²) < 4.78 is 0. The summed E-state index contributed by atoms with van der Waals surface area (Å²) in [6, 6.07) is 0. The molecule has 1 heterocycles. The van der Waals surface area contributed by atoms with Crippen LogP contribution in [-0.4, -0.2) is 25.0 Å². The lowest BCUT2D eigenvalue weighted by molar-refractivity contribution is 0.335. The minimum Gasteiger partial charge on any atom is -0.306 e. The lowest BCUT2D eigenvalue weighted by atomic mass is 9.92. The van der Waals surface area contributed by atoms with E-state index in [0.29, 0.717) is 0 Å². The van der Waals surface area contributed by atoms with Crippen LogP contribution in [-0.2, 0) is 0 Å². The number of rotatable bonds is 0. The molecule has 1 aliphatic heterocycles. The fourth-order valence-corrected chi connectivity index (χ4v) is 3.20. The third-order valence-electron chi connectivity index (χ3n) is 3.80. The van der Waals surface area contributed by atoms with E-state index in [1.54, 1.807) is 0 Å². The zero-order valence-corrected chi connectivity index (χ0v) is 7.88. The number of fused-ring (bicyclic) bond motifs is 1. The van der Waals surface area contributed by atoms with Crippen molar-refractivity contribution in [3.8, 4) is 0 Å². The number of hydrogen-bond donors (Lipinski definition) is 0. The van der Waals surface area contributed by atoms with Crippen LogP contribution in [0.3, 0.4) is 0 Å². The van der Waals surface area contributed by atoms with Crippen LogP contribution in [0.15, 0.2) is 0 Å². The standard InChI is InChI=1S/C10H19N/c1-7-4-8(2)10-6-11(3)5-9(7)10/h7-10H,4-6H2,1-3H3. The maximum atomic E-state index is 2.50. The first-order chi connectivity index (χ1) is 5.18. The van der Waals surface area contributed by atoms with Gasteiger partial charge in [0.15, 0.2) is 0 Å². The van der Waals surface area contributed by atoms with Gasteiger partial charge in [-0.2, -0.15) is 0 Å². The van der Waals surface area contributed by atoms with Crippen LogP contribution in [0.2, 0.25) is 0 Å². The molecule has 1 saturated heterocycles. The molecule has 4 atom stereocenters. The Kier molecular flexibility index (Phi) is 1.71. The highest BCUT2D eigenvalue weighted by Gasteiger charge is 2.43. The van der Waals surface area contributed by atoms with E-state index >= 15 is 0 Å². The largest absolute Gasteiger partial charge is 0.306 e. The highest BCUT2D eigenvalue weighted by Crippen LogP contribution is 2.44. The zero-order chi connectivity index (χ0) is 8.01. The molecule has 1 heteroatoms. The molecule has 0 radical (unpaired) electrons. The molecule has 2 aliphatic rings. The van der Waals surface area contributed by atoms with Crippen molar-refractivity contribution in [2.45, 2.75) is 20.3 Å². The smallest absolute Gasteiger partial charge is 0.00125 e. The lowest BCUT2D eigenvalue weighted by Gasteiger charge is -2.13. The summed E-state index contributed by atoms with van der Waals surface area (Å²) in [4.78, 5) is 2.50. The van der Waals surface area contributed by atoms with E-state index in [1.807, 2.05) is 0 Å². The van der Waals surface area contributed by atoms with Crippen molar-refractivity contribution in [3.05, 3.63) is 0 Å². The van der Waals surface area contributed by atoms with Crippen LogP contribution in [0.5, 0.6) is 0 Å². The van der Waals surface area contributed by atoms with Gasteiger partial charge in [0, 0.05) is 13.1 Å². The summed E-state index contributed by atoms with van der Waals surface area (Å²) in [6.45, 7) is 7.58. The van der Waals surface area contributed by atoms with Gasteiger partial charge in [0.25, 0.3) is 0 Å². The average Bonchev–Trinajstić information content (AvgIpc) is 2.38. The fraction of sp³-hybridized carbons (Fsp3) is 1.00. The van der Waals surface area contributed by atoms with Crippen molar-refractivity contribution in [2.24, 2.45) is 23.7 Å². The second kappa shape index (κ2) is 2.48. The third-order valence-corrected chi connectivity index (χ3v) is 3.80. The predicted molar refractivity (Wildman–Crippen MR) is 47.4 cm³/mol. The van der Waals surface area contributed by atoms with Crippen molar-refractivity contribution in [3.63, 3.8) is 0 Å². The number of hydrogen-bond acceptors (Lipinski definition) is 1. The first-order valence-corrected chi connectivity index (χ1v) is 4.87. The maximum absolute atomic E-state index is 2.50. The molecule has 0 aromatic carbocycles. The molecule has 1 saturated carbocycles. The molecule has 64 valence electrons. The molecule has 0 aromatic rings. The van der Waals surface area contributed by atoms with Crippen molar-refractivity contribution in [1.29, 1.82) is 0 Å². The Balaban J connectivity index is 2.10. The number of nitrogens with zero attached hydrogens (tertiary/aromatic N) is 1. The van der Waals surface area contributed by atoms with Crippen LogP contribution >= 0.6 is 0 Å². The Morgan fingerprint density at radius 3 is 1.91 bits per heavy atom. The molecule has 0 aromatic heterocycles. The van der Waals surface area contributed by atoms with Gasteiger partial charge in [-0.3, -0.25) is 0 Å². The van der Waals surface area contributed by atoms with Crippen molar-refractivity contribution < 1.29 is 0 Å². The van der Waals surface area contributed by atoms with Crippen LogP contribution in [0.1, 0.15) is 20.3 Å². The SMILES string of the molecule is CC1CC(C)C2CN(C)CC12. The summed E-state index contributed by atoms with van der Waals surface area (Å²) in [5.74, 6) is 4.02. The van der Waals surface area contributed by atoms with E-state index in [0.717, 1.165) is 23.7 Å². The lowest BCUT2D eigenvalue weighted by Crippen LogP contribution is -2.17. The van der Waals surface area contributed by atoms with Gasteiger partial charge in [-0.05, 0) is 37.1 Å². The van der Waals surface area contributed by atoms with Crippen molar-refractivity contribution in [2.75, 3.05) is 20.1 Å². The second-order valence-corrected chi connectivity index (χ2v) is 4.74. The molecule has 4 unspecified atom stereocenters. The van der Waals surface area contributed by atoms with Gasteiger partial charge in [-0.1, -0.05) is 13.8 Å². The van der Waals surface area contributed by atoms with E-state index < -0.39 is 0 Å². The van der Waals surface area contributed by atoms with Gasteiger partial charge in [-0.25, -0.2) is 0 Å². The van der Waals surface area contributed by atoms with Gasteiger partial charge in [0.2, 0.25) is 0 Å². The van der Waals surface area contributed by atoms with Gasteiger partial charge >= 0.3 is 0 Å². The summed E-state index contributed by atoms with van der Waals surface area (Å²) >= 11 is 0. The molecule has 1 nitrogen and oxygen atoms in total. The van der Waals surface area contributed by atoms with Crippen LogP contribution in [0, 0.1) is 23.7 Å². The van der Waals surface area contributed by atoms with E-state index in [4.69, 9.17) is 0 Å². The molecular weight excluding hydrogens is 134 g/mol. The van der Waals surface area contributed by atoms with E-state index in [1.165, 1.54) is 19.5 Å².